The molecule has 0 unspecified atom stereocenters. The summed E-state index contributed by atoms with van der Waals surface area (Å²) >= 11 is 0. The van der Waals surface area contributed by atoms with Gasteiger partial charge >= 0.3 is 6.09 Å². The Kier molecular flexibility index (Phi) is 4.89. The minimum Gasteiger partial charge on any atom is -0.444 e. The summed E-state index contributed by atoms with van der Waals surface area (Å²) < 4.78 is 5.11. The second-order valence-corrected chi connectivity index (χ2v) is 4.64. The SMILES string of the molecule is CO/N=C1\C[C@@H](O)CN1C(=O)OCc1ccc([N+](=O)[O-])cc1. The lowest BCUT2D eigenvalue weighted by Gasteiger charge is -2.15. The molecule has 1 N–H and O–H groups in total. The number of amides is 1. The van der Waals surface area contributed by atoms with Crippen LogP contribution in [0.4, 0.5) is 10.5 Å². The number of ether oxygens (including phenoxy) is 1. The van der Waals surface area contributed by atoms with Crippen molar-refractivity contribution >= 4 is 17.6 Å². The first kappa shape index (κ1) is 15.7. The fraction of sp³-hybridized carbons (Fsp3) is 0.385. The van der Waals surface area contributed by atoms with E-state index in [1.165, 1.54) is 36.3 Å². The van der Waals surface area contributed by atoms with Gasteiger partial charge in [0.05, 0.1) is 17.6 Å². The largest absolute Gasteiger partial charge is 0.444 e. The maximum absolute atomic E-state index is 12.0. The fourth-order valence-corrected chi connectivity index (χ4v) is 2.01. The number of nitro groups is 1. The Labute approximate surface area is 125 Å². The number of aliphatic hydroxyl groups excluding tert-OH is 1. The minimum absolute atomic E-state index is 0.0349. The van der Waals surface area contributed by atoms with Gasteiger partial charge < -0.3 is 14.7 Å². The highest BCUT2D eigenvalue weighted by Crippen LogP contribution is 2.16. The molecule has 1 aromatic rings. The fourth-order valence-electron chi connectivity index (χ4n) is 2.01. The molecule has 1 atom stereocenters. The number of β-amino-alcohol motifs (C(OH)–C–C–N with tert-alkyl or cyclic N) is 1. The summed E-state index contributed by atoms with van der Waals surface area (Å²) in [6, 6.07) is 5.68. The number of rotatable bonds is 4. The number of carbonyl (C=O) groups excluding carboxylic acids is 1. The third-order valence-corrected chi connectivity index (χ3v) is 3.05. The Balaban J connectivity index is 1.94. The number of oxime groups is 1. The average molecular weight is 309 g/mol. The van der Waals surface area contributed by atoms with Gasteiger partial charge in [0.2, 0.25) is 0 Å². The van der Waals surface area contributed by atoms with Crippen molar-refractivity contribution in [2.75, 3.05) is 13.7 Å². The van der Waals surface area contributed by atoms with Crippen molar-refractivity contribution in [2.24, 2.45) is 5.16 Å². The summed E-state index contributed by atoms with van der Waals surface area (Å²) in [5.41, 5.74) is 0.580. The van der Waals surface area contributed by atoms with E-state index in [0.717, 1.165) is 0 Å². The molecule has 1 fully saturated rings. The molecule has 2 rings (SSSR count). The maximum Gasteiger partial charge on any atom is 0.415 e. The predicted octanol–water partition coefficient (Wildman–Crippen LogP) is 1.26. The molecule has 1 aliphatic rings. The van der Waals surface area contributed by atoms with Gasteiger partial charge in [0.15, 0.2) is 5.84 Å². The summed E-state index contributed by atoms with van der Waals surface area (Å²) in [6.07, 6.45) is -1.16. The number of amidine groups is 1. The van der Waals surface area contributed by atoms with Crippen molar-refractivity contribution < 1.29 is 24.4 Å². The summed E-state index contributed by atoms with van der Waals surface area (Å²) in [6.45, 7) is 0.0466. The van der Waals surface area contributed by atoms with Gasteiger partial charge in [0.25, 0.3) is 5.69 Å². The molecule has 22 heavy (non-hydrogen) atoms. The molecule has 1 saturated heterocycles. The number of hydrogen-bond donors (Lipinski definition) is 1. The number of aliphatic hydroxyl groups is 1. The summed E-state index contributed by atoms with van der Waals surface area (Å²) in [7, 11) is 1.35. The van der Waals surface area contributed by atoms with Gasteiger partial charge in [-0.3, -0.25) is 15.0 Å². The van der Waals surface area contributed by atoms with Gasteiger partial charge in [0, 0.05) is 18.6 Å². The van der Waals surface area contributed by atoms with E-state index in [1.54, 1.807) is 0 Å². The van der Waals surface area contributed by atoms with Crippen LogP contribution in [0.25, 0.3) is 0 Å². The first-order valence-corrected chi connectivity index (χ1v) is 6.47. The Morgan fingerprint density at radius 3 is 2.77 bits per heavy atom. The lowest BCUT2D eigenvalue weighted by Crippen LogP contribution is -2.33. The second-order valence-electron chi connectivity index (χ2n) is 4.64. The zero-order valence-electron chi connectivity index (χ0n) is 11.8. The third-order valence-electron chi connectivity index (χ3n) is 3.05. The molecular weight excluding hydrogens is 294 g/mol. The van der Waals surface area contributed by atoms with Crippen LogP contribution >= 0.6 is 0 Å². The molecule has 9 heteroatoms. The van der Waals surface area contributed by atoms with E-state index in [9.17, 15) is 20.0 Å². The van der Waals surface area contributed by atoms with Crippen molar-refractivity contribution in [3.05, 3.63) is 39.9 Å². The van der Waals surface area contributed by atoms with Crippen molar-refractivity contribution in [3.63, 3.8) is 0 Å². The summed E-state index contributed by atoms with van der Waals surface area (Å²) in [5.74, 6) is 0.295. The van der Waals surface area contributed by atoms with Gasteiger partial charge in [-0.1, -0.05) is 5.16 Å². The van der Waals surface area contributed by atoms with Crippen LogP contribution in [0.3, 0.4) is 0 Å². The molecule has 0 saturated carbocycles. The monoisotopic (exact) mass is 309 g/mol. The van der Waals surface area contributed by atoms with Crippen molar-refractivity contribution in [2.45, 2.75) is 19.1 Å². The summed E-state index contributed by atoms with van der Waals surface area (Å²) in [4.78, 5) is 27.8. The molecule has 0 aliphatic carbocycles. The van der Waals surface area contributed by atoms with E-state index in [1.807, 2.05) is 0 Å². The van der Waals surface area contributed by atoms with Crippen LogP contribution < -0.4 is 0 Å². The second kappa shape index (κ2) is 6.85. The number of likely N-dealkylation sites (tertiary alicyclic amines) is 1. The smallest absolute Gasteiger partial charge is 0.415 e. The van der Waals surface area contributed by atoms with E-state index < -0.39 is 17.1 Å². The van der Waals surface area contributed by atoms with Crippen LogP contribution in [0.5, 0.6) is 0 Å². The predicted molar refractivity (Wildman–Crippen MR) is 75.1 cm³/mol. The Morgan fingerprint density at radius 1 is 1.50 bits per heavy atom. The molecule has 9 nitrogen and oxygen atoms in total. The minimum atomic E-state index is -0.708. The van der Waals surface area contributed by atoms with E-state index in [0.29, 0.717) is 11.4 Å². The molecule has 1 amide bonds. The first-order valence-electron chi connectivity index (χ1n) is 6.47. The van der Waals surface area contributed by atoms with Gasteiger partial charge in [0.1, 0.15) is 13.7 Å². The Morgan fingerprint density at radius 2 is 2.18 bits per heavy atom. The van der Waals surface area contributed by atoms with E-state index >= 15 is 0 Å². The zero-order valence-corrected chi connectivity index (χ0v) is 11.8. The third kappa shape index (κ3) is 3.70. The standard InChI is InChI=1S/C13H15N3O6/c1-21-14-12-6-11(17)7-15(12)13(18)22-8-9-2-4-10(5-3-9)16(19)20/h2-5,11,17H,6-8H2,1H3/b14-12+/t11-/m1/s1. The highest BCUT2D eigenvalue weighted by atomic mass is 16.6. The average Bonchev–Trinajstić information content (AvgIpc) is 2.86. The molecule has 1 aliphatic heterocycles. The van der Waals surface area contributed by atoms with Crippen LogP contribution in [-0.2, 0) is 16.2 Å². The van der Waals surface area contributed by atoms with Crippen LogP contribution in [0.2, 0.25) is 0 Å². The topological polar surface area (TPSA) is 114 Å². The molecule has 0 bridgehead atoms. The quantitative estimate of drug-likeness (QED) is 0.661. The molecule has 118 valence electrons. The number of carbonyl (C=O) groups is 1. The van der Waals surface area contributed by atoms with E-state index in [-0.39, 0.29) is 25.3 Å². The highest BCUT2D eigenvalue weighted by Gasteiger charge is 2.32. The van der Waals surface area contributed by atoms with Crippen LogP contribution in [0, 0.1) is 10.1 Å². The lowest BCUT2D eigenvalue weighted by molar-refractivity contribution is -0.384. The number of nitro benzene ring substituents is 1. The molecule has 0 spiro atoms. The molecular formula is C13H15N3O6. The first-order chi connectivity index (χ1) is 10.5. The zero-order chi connectivity index (χ0) is 16.1. The molecule has 0 radical (unpaired) electrons. The van der Waals surface area contributed by atoms with Gasteiger partial charge in [-0.25, -0.2) is 4.79 Å². The number of benzene rings is 1. The Hall–Kier alpha value is -2.68. The lowest BCUT2D eigenvalue weighted by atomic mass is 10.2. The van der Waals surface area contributed by atoms with Gasteiger partial charge in [-0.2, -0.15) is 0 Å². The van der Waals surface area contributed by atoms with Crippen LogP contribution in [-0.4, -0.2) is 46.6 Å². The maximum atomic E-state index is 12.0. The normalized spacial score (nSPS) is 19.3. The van der Waals surface area contributed by atoms with E-state index in [4.69, 9.17) is 4.74 Å². The van der Waals surface area contributed by atoms with Crippen LogP contribution in [0.1, 0.15) is 12.0 Å². The number of non-ortho nitro benzene ring substituents is 1. The molecule has 1 heterocycles. The number of hydrogen-bond acceptors (Lipinski definition) is 7. The molecule has 0 aromatic heterocycles. The summed E-state index contributed by atoms with van der Waals surface area (Å²) in [5, 5.41) is 23.8. The van der Waals surface area contributed by atoms with Gasteiger partial charge in [-0.05, 0) is 17.7 Å². The number of nitrogens with zero attached hydrogens (tertiary/aromatic N) is 3. The van der Waals surface area contributed by atoms with Crippen molar-refractivity contribution in [1.82, 2.24) is 4.90 Å². The Bertz CT molecular complexity index is 586. The van der Waals surface area contributed by atoms with Crippen molar-refractivity contribution in [1.29, 1.82) is 0 Å². The van der Waals surface area contributed by atoms with Crippen molar-refractivity contribution in [3.8, 4) is 0 Å². The van der Waals surface area contributed by atoms with Crippen LogP contribution in [0.15, 0.2) is 29.4 Å². The highest BCUT2D eigenvalue weighted by molar-refractivity contribution is 5.97. The molecule has 1 aromatic carbocycles. The van der Waals surface area contributed by atoms with E-state index in [2.05, 4.69) is 9.99 Å². The van der Waals surface area contributed by atoms with Gasteiger partial charge in [-0.15, -0.1) is 0 Å².